The van der Waals surface area contributed by atoms with Crippen LogP contribution in [0.25, 0.3) is 33.1 Å². The first-order chi connectivity index (χ1) is 13.8. The van der Waals surface area contributed by atoms with Crippen molar-refractivity contribution in [2.24, 2.45) is 0 Å². The van der Waals surface area contributed by atoms with Gasteiger partial charge in [0.2, 0.25) is 5.95 Å². The van der Waals surface area contributed by atoms with Gasteiger partial charge in [-0.05, 0) is 38.1 Å². The summed E-state index contributed by atoms with van der Waals surface area (Å²) < 4.78 is 27.3. The zero-order chi connectivity index (χ0) is 20.9. The average molecular weight is 399 g/mol. The number of hydrogen-bond donors (Lipinski definition) is 3. The third kappa shape index (κ3) is 3.08. The molecule has 29 heavy (non-hydrogen) atoms. The number of benzene rings is 2. The van der Waals surface area contributed by atoms with E-state index in [1.54, 1.807) is 32.0 Å². The lowest BCUT2D eigenvalue weighted by molar-refractivity contribution is 0.199. The van der Waals surface area contributed by atoms with Crippen LogP contribution in [0.15, 0.2) is 35.1 Å². The highest BCUT2D eigenvalue weighted by Gasteiger charge is 2.22. The zero-order valence-corrected chi connectivity index (χ0v) is 15.3. The number of carbonyl (C=O) groups is 1. The third-order valence-electron chi connectivity index (χ3n) is 4.52. The van der Waals surface area contributed by atoms with Gasteiger partial charge in [-0.15, -0.1) is 0 Å². The van der Waals surface area contributed by atoms with Gasteiger partial charge < -0.3 is 10.1 Å². The molecular weight excluding hydrogens is 384 g/mol. The Morgan fingerprint density at radius 3 is 2.48 bits per heavy atom. The van der Waals surface area contributed by atoms with Crippen molar-refractivity contribution in [2.45, 2.75) is 19.9 Å². The maximum absolute atomic E-state index is 13.8. The van der Waals surface area contributed by atoms with Crippen molar-refractivity contribution in [3.05, 3.63) is 52.3 Å². The van der Waals surface area contributed by atoms with E-state index in [0.717, 1.165) is 17.0 Å². The van der Waals surface area contributed by atoms with E-state index in [-0.39, 0.29) is 28.5 Å². The normalized spacial score (nSPS) is 11.5. The Balaban J connectivity index is 1.89. The summed E-state index contributed by atoms with van der Waals surface area (Å²) >= 11 is 0. The number of anilines is 1. The number of hydrogen-bond acceptors (Lipinski definition) is 4. The Morgan fingerprint density at radius 1 is 1.14 bits per heavy atom. The van der Waals surface area contributed by atoms with Crippen LogP contribution in [-0.2, 0) is 0 Å². The molecule has 2 aromatic heterocycles. The van der Waals surface area contributed by atoms with E-state index >= 15 is 0 Å². The highest BCUT2D eigenvalue weighted by atomic mass is 19.2. The summed E-state index contributed by atoms with van der Waals surface area (Å²) in [6, 6.07) is 6.36. The topological polar surface area (TPSA) is 115 Å². The van der Waals surface area contributed by atoms with Crippen molar-refractivity contribution in [1.29, 1.82) is 0 Å². The lowest BCUT2D eigenvalue weighted by Crippen LogP contribution is -2.36. The number of imidazole rings is 1. The predicted molar refractivity (Wildman–Crippen MR) is 103 cm³/mol. The number of nitrogens with zero attached hydrogens (tertiary/aromatic N) is 3. The molecule has 0 spiro atoms. The molecule has 0 radical (unpaired) electrons. The summed E-state index contributed by atoms with van der Waals surface area (Å²) in [6.45, 7) is 3.44. The second-order valence-corrected chi connectivity index (χ2v) is 6.75. The van der Waals surface area contributed by atoms with Crippen LogP contribution in [0.4, 0.5) is 19.5 Å². The molecule has 1 amide bonds. The molecule has 10 heteroatoms. The number of nitrogens with one attached hydrogen (secondary N) is 2. The van der Waals surface area contributed by atoms with Crippen LogP contribution in [0.2, 0.25) is 0 Å². The number of carboxylic acid groups (broad SMARTS) is 1. The van der Waals surface area contributed by atoms with Gasteiger partial charge in [-0.1, -0.05) is 6.07 Å². The van der Waals surface area contributed by atoms with E-state index in [0.29, 0.717) is 16.6 Å². The molecule has 148 valence electrons. The van der Waals surface area contributed by atoms with Crippen molar-refractivity contribution in [3.8, 4) is 11.3 Å². The SMILES string of the molecule is CC(C)N(C(=O)O)c1nc2cc(-c3n[nH]c(=O)c4cc(F)c(F)cc34)ccc2[nH]1. The van der Waals surface area contributed by atoms with Gasteiger partial charge in [-0.25, -0.2) is 28.6 Å². The van der Waals surface area contributed by atoms with Crippen molar-refractivity contribution >= 4 is 33.8 Å². The Bertz CT molecular complexity index is 1330. The maximum atomic E-state index is 13.8. The average Bonchev–Trinajstić information content (AvgIpc) is 3.05. The molecule has 2 heterocycles. The number of fused-ring (bicyclic) bond motifs is 2. The monoisotopic (exact) mass is 399 g/mol. The molecule has 0 fully saturated rings. The van der Waals surface area contributed by atoms with E-state index in [1.807, 2.05) is 0 Å². The van der Waals surface area contributed by atoms with Crippen molar-refractivity contribution in [1.82, 2.24) is 20.2 Å². The van der Waals surface area contributed by atoms with Gasteiger partial charge in [0.05, 0.1) is 22.1 Å². The second-order valence-electron chi connectivity index (χ2n) is 6.75. The highest BCUT2D eigenvalue weighted by Crippen LogP contribution is 2.29. The molecule has 0 aliphatic heterocycles. The number of aromatic nitrogens is 4. The lowest BCUT2D eigenvalue weighted by atomic mass is 10.0. The second kappa shape index (κ2) is 6.66. The van der Waals surface area contributed by atoms with Crippen molar-refractivity contribution in [2.75, 3.05) is 4.90 Å². The van der Waals surface area contributed by atoms with E-state index < -0.39 is 23.3 Å². The van der Waals surface area contributed by atoms with Crippen LogP contribution in [0.5, 0.6) is 0 Å². The molecule has 0 atom stereocenters. The zero-order valence-electron chi connectivity index (χ0n) is 15.3. The molecule has 3 N–H and O–H groups in total. The van der Waals surface area contributed by atoms with Gasteiger partial charge >= 0.3 is 6.09 Å². The Hall–Kier alpha value is -3.82. The van der Waals surface area contributed by atoms with Crippen LogP contribution < -0.4 is 10.5 Å². The van der Waals surface area contributed by atoms with Crippen LogP contribution in [0.1, 0.15) is 13.8 Å². The van der Waals surface area contributed by atoms with Gasteiger partial charge in [0, 0.05) is 17.0 Å². The molecule has 0 saturated heterocycles. The summed E-state index contributed by atoms with van der Waals surface area (Å²) in [5, 5.41) is 15.8. The maximum Gasteiger partial charge on any atom is 0.414 e. The summed E-state index contributed by atoms with van der Waals surface area (Å²) in [7, 11) is 0. The summed E-state index contributed by atoms with van der Waals surface area (Å²) in [6.07, 6.45) is -1.15. The van der Waals surface area contributed by atoms with Crippen LogP contribution in [-0.4, -0.2) is 37.4 Å². The van der Waals surface area contributed by atoms with Crippen LogP contribution >= 0.6 is 0 Å². The highest BCUT2D eigenvalue weighted by molar-refractivity contribution is 5.96. The first kappa shape index (κ1) is 18.5. The Kier molecular flexibility index (Phi) is 4.26. The first-order valence-corrected chi connectivity index (χ1v) is 8.66. The number of H-pyrrole nitrogens is 2. The quantitative estimate of drug-likeness (QED) is 0.487. The lowest BCUT2D eigenvalue weighted by Gasteiger charge is -2.19. The number of amides is 1. The van der Waals surface area contributed by atoms with Crippen LogP contribution in [0.3, 0.4) is 0 Å². The van der Waals surface area contributed by atoms with Gasteiger partial charge in [0.1, 0.15) is 0 Å². The smallest absolute Gasteiger partial charge is 0.414 e. The largest absolute Gasteiger partial charge is 0.465 e. The fraction of sp³-hybridized carbons (Fsp3) is 0.158. The molecule has 0 aliphatic rings. The molecule has 4 aromatic rings. The van der Waals surface area contributed by atoms with Gasteiger partial charge in [0.15, 0.2) is 11.6 Å². The molecule has 0 aliphatic carbocycles. The fourth-order valence-corrected chi connectivity index (χ4v) is 3.19. The van der Waals surface area contributed by atoms with Crippen molar-refractivity contribution in [3.63, 3.8) is 0 Å². The van der Waals surface area contributed by atoms with Gasteiger partial charge in [-0.2, -0.15) is 5.10 Å². The van der Waals surface area contributed by atoms with Crippen molar-refractivity contribution < 1.29 is 18.7 Å². The van der Waals surface area contributed by atoms with Crippen LogP contribution in [0, 0.1) is 11.6 Å². The van der Waals surface area contributed by atoms with E-state index in [9.17, 15) is 23.5 Å². The van der Waals surface area contributed by atoms with E-state index in [1.165, 1.54) is 0 Å². The number of aromatic amines is 2. The predicted octanol–water partition coefficient (Wildman–Crippen LogP) is 3.64. The minimum Gasteiger partial charge on any atom is -0.465 e. The fourth-order valence-electron chi connectivity index (χ4n) is 3.19. The third-order valence-corrected chi connectivity index (χ3v) is 4.52. The van der Waals surface area contributed by atoms with Gasteiger partial charge in [0.25, 0.3) is 5.56 Å². The molecule has 4 rings (SSSR count). The van der Waals surface area contributed by atoms with E-state index in [2.05, 4.69) is 20.2 Å². The minimum absolute atomic E-state index is 0.0337. The minimum atomic E-state index is -1.15. The summed E-state index contributed by atoms with van der Waals surface area (Å²) in [4.78, 5) is 31.8. The summed E-state index contributed by atoms with van der Waals surface area (Å²) in [5.74, 6) is -2.06. The number of halogens is 2. The molecule has 0 bridgehead atoms. The number of rotatable bonds is 3. The van der Waals surface area contributed by atoms with E-state index in [4.69, 9.17) is 0 Å². The first-order valence-electron chi connectivity index (χ1n) is 8.66. The molecule has 0 unspecified atom stereocenters. The standard InChI is InChI=1S/C19H15F2N5O3/c1-8(2)26(19(28)29)18-22-14-4-3-9(5-15(14)23-18)16-10-6-12(20)13(21)7-11(10)17(27)25-24-16/h3-8H,1-2H3,(H,22,23)(H,25,27)(H,28,29). The molecule has 0 saturated carbocycles. The molecular formula is C19H15F2N5O3. The Labute approximate surface area is 161 Å². The molecule has 8 nitrogen and oxygen atoms in total. The molecule has 2 aromatic carbocycles. The Morgan fingerprint density at radius 2 is 1.83 bits per heavy atom. The summed E-state index contributed by atoms with van der Waals surface area (Å²) in [5.41, 5.74) is 1.13. The van der Waals surface area contributed by atoms with Gasteiger partial charge in [-0.3, -0.25) is 4.79 Å².